The predicted molar refractivity (Wildman–Crippen MR) is 63.5 cm³/mol. The minimum Gasteiger partial charge on any atom is -0.345 e. The Morgan fingerprint density at radius 3 is 2.44 bits per heavy atom. The number of aromatic nitrogens is 2. The second kappa shape index (κ2) is 4.04. The van der Waals surface area contributed by atoms with E-state index in [9.17, 15) is 4.79 Å². The molecule has 3 nitrogen and oxygen atoms in total. The van der Waals surface area contributed by atoms with Crippen LogP contribution in [-0.2, 0) is 10.2 Å². The molecule has 16 heavy (non-hydrogen) atoms. The maximum absolute atomic E-state index is 11.2. The molecule has 0 unspecified atom stereocenters. The van der Waals surface area contributed by atoms with Crippen LogP contribution in [0.4, 0.5) is 0 Å². The molecule has 0 aliphatic heterocycles. The normalized spacial score (nSPS) is 19.1. The van der Waals surface area contributed by atoms with Gasteiger partial charge in [-0.05, 0) is 12.8 Å². The first-order chi connectivity index (χ1) is 7.47. The van der Waals surface area contributed by atoms with Crippen LogP contribution in [0.3, 0.4) is 0 Å². The first-order valence-electron chi connectivity index (χ1n) is 6.04. The standard InChI is InChI=1S/C13H20N2O/c1-13(2,3)11-8-14-12(15-11)9-4-6-10(16)7-5-9/h8-9H,4-7H2,1-3H3,(H,14,15). The van der Waals surface area contributed by atoms with Crippen LogP contribution in [0.2, 0.25) is 0 Å². The minimum atomic E-state index is 0.121. The van der Waals surface area contributed by atoms with E-state index in [1.54, 1.807) is 0 Å². The number of ketones is 1. The molecule has 1 aliphatic carbocycles. The summed E-state index contributed by atoms with van der Waals surface area (Å²) in [6.07, 6.45) is 5.28. The summed E-state index contributed by atoms with van der Waals surface area (Å²) in [6.45, 7) is 6.53. The van der Waals surface area contributed by atoms with Gasteiger partial charge in [-0.1, -0.05) is 20.8 Å². The molecule has 1 N–H and O–H groups in total. The molecule has 1 aliphatic rings. The van der Waals surface area contributed by atoms with Crippen LogP contribution in [0.1, 0.15) is 63.9 Å². The van der Waals surface area contributed by atoms with Gasteiger partial charge in [-0.2, -0.15) is 0 Å². The second-order valence-electron chi connectivity index (χ2n) is 5.75. The first-order valence-corrected chi connectivity index (χ1v) is 6.04. The van der Waals surface area contributed by atoms with E-state index in [0.29, 0.717) is 11.7 Å². The monoisotopic (exact) mass is 220 g/mol. The van der Waals surface area contributed by atoms with Crippen LogP contribution in [0.15, 0.2) is 6.20 Å². The van der Waals surface area contributed by atoms with Gasteiger partial charge in [0, 0.05) is 36.1 Å². The van der Waals surface area contributed by atoms with E-state index in [4.69, 9.17) is 0 Å². The molecule has 88 valence electrons. The molecule has 3 heteroatoms. The molecule has 0 amide bonds. The van der Waals surface area contributed by atoms with Crippen molar-refractivity contribution in [1.82, 2.24) is 9.97 Å². The van der Waals surface area contributed by atoms with Gasteiger partial charge in [0.2, 0.25) is 0 Å². The zero-order valence-corrected chi connectivity index (χ0v) is 10.3. The predicted octanol–water partition coefficient (Wildman–Crippen LogP) is 2.93. The zero-order chi connectivity index (χ0) is 11.8. The summed E-state index contributed by atoms with van der Waals surface area (Å²) in [5, 5.41) is 0. The van der Waals surface area contributed by atoms with Gasteiger partial charge in [-0.15, -0.1) is 0 Å². The number of carbonyl (C=O) groups is 1. The van der Waals surface area contributed by atoms with Gasteiger partial charge < -0.3 is 4.98 Å². The van der Waals surface area contributed by atoms with E-state index in [1.807, 2.05) is 6.20 Å². The molecule has 1 saturated carbocycles. The third kappa shape index (κ3) is 2.34. The number of hydrogen-bond donors (Lipinski definition) is 1. The number of nitrogens with one attached hydrogen (secondary N) is 1. The lowest BCUT2D eigenvalue weighted by molar-refractivity contribution is -0.120. The third-order valence-corrected chi connectivity index (χ3v) is 3.33. The molecule has 0 bridgehead atoms. The second-order valence-corrected chi connectivity index (χ2v) is 5.75. The molecule has 1 heterocycles. The number of carbonyl (C=O) groups excluding carboxylic acids is 1. The van der Waals surface area contributed by atoms with E-state index in [1.165, 1.54) is 5.69 Å². The fourth-order valence-corrected chi connectivity index (χ4v) is 2.14. The van der Waals surface area contributed by atoms with Gasteiger partial charge in [0.05, 0.1) is 0 Å². The van der Waals surface area contributed by atoms with Crippen molar-refractivity contribution >= 4 is 5.78 Å². The number of rotatable bonds is 1. The Labute approximate surface area is 96.7 Å². The van der Waals surface area contributed by atoms with Crippen LogP contribution in [0, 0.1) is 0 Å². The van der Waals surface area contributed by atoms with E-state index in [2.05, 4.69) is 30.7 Å². The maximum Gasteiger partial charge on any atom is 0.132 e. The molecular weight excluding hydrogens is 200 g/mol. The average Bonchev–Trinajstić information content (AvgIpc) is 2.67. The van der Waals surface area contributed by atoms with Crippen LogP contribution in [-0.4, -0.2) is 15.8 Å². The SMILES string of the molecule is CC(C)(C)c1cnc(C2CCC(=O)CC2)[nH]1. The summed E-state index contributed by atoms with van der Waals surface area (Å²) in [7, 11) is 0. The van der Waals surface area contributed by atoms with Crippen molar-refractivity contribution in [2.75, 3.05) is 0 Å². The van der Waals surface area contributed by atoms with Crippen molar-refractivity contribution in [1.29, 1.82) is 0 Å². The third-order valence-electron chi connectivity index (χ3n) is 3.33. The van der Waals surface area contributed by atoms with Crippen molar-refractivity contribution in [2.24, 2.45) is 0 Å². The number of nitrogens with zero attached hydrogens (tertiary/aromatic N) is 1. The van der Waals surface area contributed by atoms with Crippen LogP contribution >= 0.6 is 0 Å². The Hall–Kier alpha value is -1.12. The molecule has 1 aromatic heterocycles. The van der Waals surface area contributed by atoms with Crippen molar-refractivity contribution in [3.05, 3.63) is 17.7 Å². The highest BCUT2D eigenvalue weighted by Crippen LogP contribution is 2.30. The molecule has 1 aromatic rings. The molecule has 2 rings (SSSR count). The lowest BCUT2D eigenvalue weighted by Crippen LogP contribution is -2.15. The Morgan fingerprint density at radius 1 is 1.31 bits per heavy atom. The summed E-state index contributed by atoms with van der Waals surface area (Å²) < 4.78 is 0. The molecule has 0 saturated heterocycles. The molecule has 0 atom stereocenters. The van der Waals surface area contributed by atoms with Gasteiger partial charge in [0.25, 0.3) is 0 Å². The van der Waals surface area contributed by atoms with Gasteiger partial charge in [-0.3, -0.25) is 4.79 Å². The highest BCUT2D eigenvalue weighted by Gasteiger charge is 2.24. The summed E-state index contributed by atoms with van der Waals surface area (Å²) in [5.41, 5.74) is 1.30. The van der Waals surface area contributed by atoms with Gasteiger partial charge in [0.15, 0.2) is 0 Å². The number of aromatic amines is 1. The molecule has 0 radical (unpaired) electrons. The number of hydrogen-bond acceptors (Lipinski definition) is 2. The largest absolute Gasteiger partial charge is 0.345 e. The number of imidazole rings is 1. The van der Waals surface area contributed by atoms with Gasteiger partial charge in [-0.25, -0.2) is 4.98 Å². The first kappa shape index (κ1) is 11.4. The zero-order valence-electron chi connectivity index (χ0n) is 10.3. The van der Waals surface area contributed by atoms with E-state index in [0.717, 1.165) is 31.5 Å². The molecular formula is C13H20N2O. The molecule has 0 aromatic carbocycles. The fraction of sp³-hybridized carbons (Fsp3) is 0.692. The topological polar surface area (TPSA) is 45.8 Å². The Morgan fingerprint density at radius 2 is 1.94 bits per heavy atom. The lowest BCUT2D eigenvalue weighted by atomic mass is 9.88. The average molecular weight is 220 g/mol. The van der Waals surface area contributed by atoms with Crippen molar-refractivity contribution in [3.8, 4) is 0 Å². The van der Waals surface area contributed by atoms with Crippen LogP contribution in [0.25, 0.3) is 0 Å². The summed E-state index contributed by atoms with van der Waals surface area (Å²) >= 11 is 0. The Kier molecular flexibility index (Phi) is 2.87. The fourth-order valence-electron chi connectivity index (χ4n) is 2.14. The Balaban J connectivity index is 2.10. The van der Waals surface area contributed by atoms with Gasteiger partial charge in [0.1, 0.15) is 11.6 Å². The highest BCUT2D eigenvalue weighted by atomic mass is 16.1. The summed E-state index contributed by atoms with van der Waals surface area (Å²) in [4.78, 5) is 19.1. The van der Waals surface area contributed by atoms with Crippen molar-refractivity contribution in [3.63, 3.8) is 0 Å². The minimum absolute atomic E-state index is 0.121. The van der Waals surface area contributed by atoms with Gasteiger partial charge >= 0.3 is 0 Å². The van der Waals surface area contributed by atoms with Crippen LogP contribution < -0.4 is 0 Å². The molecule has 0 spiro atoms. The van der Waals surface area contributed by atoms with E-state index < -0.39 is 0 Å². The Bertz CT molecular complexity index is 377. The van der Waals surface area contributed by atoms with Crippen LogP contribution in [0.5, 0.6) is 0 Å². The van der Waals surface area contributed by atoms with E-state index in [-0.39, 0.29) is 5.41 Å². The molecule has 1 fully saturated rings. The van der Waals surface area contributed by atoms with Crippen molar-refractivity contribution < 1.29 is 4.79 Å². The smallest absolute Gasteiger partial charge is 0.132 e. The highest BCUT2D eigenvalue weighted by molar-refractivity contribution is 5.79. The summed E-state index contributed by atoms with van der Waals surface area (Å²) in [5.74, 6) is 1.92. The lowest BCUT2D eigenvalue weighted by Gasteiger charge is -2.19. The summed E-state index contributed by atoms with van der Waals surface area (Å²) in [6, 6.07) is 0. The number of H-pyrrole nitrogens is 1. The number of Topliss-reactive ketones (excluding diaryl/α,β-unsaturated/α-hetero) is 1. The van der Waals surface area contributed by atoms with Crippen molar-refractivity contribution in [2.45, 2.75) is 57.8 Å². The maximum atomic E-state index is 11.2. The van der Waals surface area contributed by atoms with E-state index >= 15 is 0 Å². The quantitative estimate of drug-likeness (QED) is 0.791.